The molecule has 0 saturated carbocycles. The number of nitrogens with zero attached hydrogens (tertiary/aromatic N) is 7. The summed E-state index contributed by atoms with van der Waals surface area (Å²) in [5.41, 5.74) is 2.05. The molecule has 0 bridgehead atoms. The van der Waals surface area contributed by atoms with Crippen molar-refractivity contribution in [1.82, 2.24) is 35.1 Å². The van der Waals surface area contributed by atoms with E-state index in [2.05, 4.69) is 45.7 Å². The van der Waals surface area contributed by atoms with E-state index in [1.54, 1.807) is 24.3 Å². The standard InChI is InChI=1S/C36H35F3N10O4/c1-47(20-21-2-7-26-27(16-21)34(53)49(33(26)52)29-8-9-30(50)45-32(29)51)24-10-14-48(15-11-24)25-5-3-22(4-6-25)44-35-43-19-28(36(37,38)39)31(46-35)42-18-23-17-40-12-13-41-23/h2-7,12-13,16-17,19,24,29H,8-11,14-15,18,20H2,1H3,(H,45,50,51)(H2,42,43,44,46)/i17D. The minimum atomic E-state index is -4.70. The molecule has 14 nitrogen and oxygen atoms in total. The smallest absolute Gasteiger partial charge is 0.371 e. The highest BCUT2D eigenvalue weighted by Gasteiger charge is 2.44. The number of fused-ring (bicyclic) bond motifs is 1. The Kier molecular flexibility index (Phi) is 9.39. The average molecular weight is 730 g/mol. The number of nitrogens with one attached hydrogen (secondary N) is 3. The van der Waals surface area contributed by atoms with E-state index in [0.717, 1.165) is 42.1 Å². The lowest BCUT2D eigenvalue weighted by Gasteiger charge is -2.38. The quantitative estimate of drug-likeness (QED) is 0.200. The third-order valence-corrected chi connectivity index (χ3v) is 9.60. The van der Waals surface area contributed by atoms with Crippen LogP contribution in [0, 0.1) is 0 Å². The van der Waals surface area contributed by atoms with E-state index in [0.29, 0.717) is 18.4 Å². The highest BCUT2D eigenvalue weighted by Crippen LogP contribution is 2.35. The van der Waals surface area contributed by atoms with Crippen LogP contribution in [0.25, 0.3) is 0 Å². The number of carbonyl (C=O) groups is 4. The number of benzene rings is 2. The lowest BCUT2D eigenvalue weighted by atomic mass is 10.0. The van der Waals surface area contributed by atoms with Gasteiger partial charge in [-0.05, 0) is 68.3 Å². The van der Waals surface area contributed by atoms with E-state index in [4.69, 9.17) is 1.37 Å². The maximum absolute atomic E-state index is 13.7. The maximum Gasteiger partial charge on any atom is 0.421 e. The molecule has 274 valence electrons. The lowest BCUT2D eigenvalue weighted by Crippen LogP contribution is -2.54. The Hall–Kier alpha value is -5.97. The molecule has 0 radical (unpaired) electrons. The highest BCUT2D eigenvalue weighted by atomic mass is 19.4. The van der Waals surface area contributed by atoms with Gasteiger partial charge in [0.05, 0.1) is 30.9 Å². The van der Waals surface area contributed by atoms with Gasteiger partial charge in [-0.2, -0.15) is 18.2 Å². The number of alkyl halides is 3. The molecule has 2 fully saturated rings. The average Bonchev–Trinajstić information content (AvgIpc) is 3.39. The molecule has 1 unspecified atom stereocenters. The van der Waals surface area contributed by atoms with E-state index in [1.165, 1.54) is 12.4 Å². The second-order valence-corrected chi connectivity index (χ2v) is 13.1. The normalized spacial score (nSPS) is 18.3. The van der Waals surface area contributed by atoms with Gasteiger partial charge in [0, 0.05) is 62.1 Å². The van der Waals surface area contributed by atoms with Gasteiger partial charge in [0.1, 0.15) is 17.4 Å². The van der Waals surface area contributed by atoms with Crippen molar-refractivity contribution in [3.05, 3.63) is 95.2 Å². The number of anilines is 4. The van der Waals surface area contributed by atoms with Crippen LogP contribution >= 0.6 is 0 Å². The van der Waals surface area contributed by atoms with Crippen molar-refractivity contribution in [2.45, 2.75) is 57.0 Å². The third-order valence-electron chi connectivity index (χ3n) is 9.60. The van der Waals surface area contributed by atoms with E-state index >= 15 is 0 Å². The number of aromatic nitrogens is 4. The number of piperidine rings is 2. The molecule has 5 heterocycles. The van der Waals surface area contributed by atoms with Crippen LogP contribution < -0.4 is 20.9 Å². The number of carbonyl (C=O) groups excluding carboxylic acids is 4. The van der Waals surface area contributed by atoms with E-state index in [1.807, 2.05) is 25.2 Å². The summed E-state index contributed by atoms with van der Waals surface area (Å²) >= 11 is 0. The minimum Gasteiger partial charge on any atom is -0.371 e. The van der Waals surface area contributed by atoms with Gasteiger partial charge in [-0.25, -0.2) is 4.98 Å². The minimum absolute atomic E-state index is 0.0432. The van der Waals surface area contributed by atoms with Crippen LogP contribution in [0.1, 0.15) is 64.6 Å². The van der Waals surface area contributed by atoms with Crippen LogP contribution in [0.4, 0.5) is 36.3 Å². The largest absolute Gasteiger partial charge is 0.421 e. The third kappa shape index (κ3) is 7.65. The van der Waals surface area contributed by atoms with Crippen LogP contribution in [0.15, 0.2) is 67.2 Å². The van der Waals surface area contributed by atoms with E-state index in [-0.39, 0.29) is 54.4 Å². The molecule has 2 aromatic heterocycles. The lowest BCUT2D eigenvalue weighted by molar-refractivity contribution is -0.138. The topological polar surface area (TPSA) is 166 Å². The number of imide groups is 2. The predicted molar refractivity (Wildman–Crippen MR) is 186 cm³/mol. The van der Waals surface area contributed by atoms with Gasteiger partial charge < -0.3 is 15.5 Å². The Morgan fingerprint density at radius 1 is 0.981 bits per heavy atom. The summed E-state index contributed by atoms with van der Waals surface area (Å²) < 4.78 is 48.9. The molecule has 53 heavy (non-hydrogen) atoms. The summed E-state index contributed by atoms with van der Waals surface area (Å²) in [6.45, 7) is 1.93. The van der Waals surface area contributed by atoms with Crippen molar-refractivity contribution in [2.75, 3.05) is 35.7 Å². The molecule has 2 aromatic carbocycles. The molecule has 1 atom stereocenters. The molecule has 0 spiro atoms. The van der Waals surface area contributed by atoms with Crippen LogP contribution in [-0.2, 0) is 28.9 Å². The van der Waals surface area contributed by atoms with Crippen molar-refractivity contribution in [2.24, 2.45) is 0 Å². The number of halogens is 3. The Morgan fingerprint density at radius 2 is 1.74 bits per heavy atom. The maximum atomic E-state index is 13.7. The monoisotopic (exact) mass is 729 g/mol. The molecule has 4 amide bonds. The fourth-order valence-corrected chi connectivity index (χ4v) is 6.82. The Bertz CT molecular complexity index is 2110. The first-order valence-corrected chi connectivity index (χ1v) is 17.0. The number of amides is 4. The molecule has 7 rings (SSSR count). The van der Waals surface area contributed by atoms with Gasteiger partial charge in [0.15, 0.2) is 0 Å². The highest BCUT2D eigenvalue weighted by molar-refractivity contribution is 6.23. The second kappa shape index (κ2) is 14.6. The van der Waals surface area contributed by atoms with Gasteiger partial charge in [-0.15, -0.1) is 0 Å². The summed E-state index contributed by atoms with van der Waals surface area (Å²) in [5, 5.41) is 7.78. The Labute approximate surface area is 303 Å². The molecular weight excluding hydrogens is 693 g/mol. The first kappa shape index (κ1) is 34.1. The zero-order valence-corrected chi connectivity index (χ0v) is 28.5. The van der Waals surface area contributed by atoms with Crippen molar-refractivity contribution >= 4 is 46.8 Å². The Morgan fingerprint density at radius 3 is 2.45 bits per heavy atom. The van der Waals surface area contributed by atoms with Gasteiger partial charge in [-0.3, -0.25) is 44.3 Å². The molecule has 17 heteroatoms. The summed E-state index contributed by atoms with van der Waals surface area (Å²) in [5.74, 6) is -2.62. The molecule has 0 aliphatic carbocycles. The van der Waals surface area contributed by atoms with Crippen LogP contribution in [-0.4, -0.2) is 85.6 Å². The first-order chi connectivity index (χ1) is 25.9. The van der Waals surface area contributed by atoms with Crippen molar-refractivity contribution < 1.29 is 33.7 Å². The predicted octanol–water partition coefficient (Wildman–Crippen LogP) is 4.14. The Balaban J connectivity index is 0.935. The number of hydrogen-bond donors (Lipinski definition) is 3. The molecular formula is C36H35F3N10O4. The fraction of sp³-hybridized carbons (Fsp3) is 0.333. The summed E-state index contributed by atoms with van der Waals surface area (Å²) in [6, 6.07) is 11.8. The second-order valence-electron chi connectivity index (χ2n) is 13.1. The SMILES string of the molecule is [2H]c1nccnc1CNc1nc(Nc2ccc(N3CCC(N(C)Cc4ccc5c(c4)C(=O)N(C4CCC(=O)NC4=O)C5=O)CC3)cc2)ncc1C(F)(F)F. The number of rotatable bonds is 10. The molecule has 3 N–H and O–H groups in total. The van der Waals surface area contributed by atoms with E-state index < -0.39 is 47.2 Å². The molecule has 3 aliphatic heterocycles. The van der Waals surface area contributed by atoms with Crippen molar-refractivity contribution in [3.8, 4) is 0 Å². The van der Waals surface area contributed by atoms with Crippen LogP contribution in [0.3, 0.4) is 0 Å². The van der Waals surface area contributed by atoms with Gasteiger partial charge in [0.25, 0.3) is 11.8 Å². The fourth-order valence-electron chi connectivity index (χ4n) is 6.82. The van der Waals surface area contributed by atoms with Crippen molar-refractivity contribution in [1.29, 1.82) is 0 Å². The molecule has 2 saturated heterocycles. The van der Waals surface area contributed by atoms with Crippen molar-refractivity contribution in [3.63, 3.8) is 0 Å². The summed E-state index contributed by atoms with van der Waals surface area (Å²) in [4.78, 5) is 71.4. The summed E-state index contributed by atoms with van der Waals surface area (Å²) in [6.07, 6.45) is 0.419. The van der Waals surface area contributed by atoms with Crippen LogP contribution in [0.2, 0.25) is 0 Å². The zero-order valence-electron chi connectivity index (χ0n) is 29.5. The first-order valence-electron chi connectivity index (χ1n) is 17.5. The zero-order chi connectivity index (χ0) is 38.1. The van der Waals surface area contributed by atoms with Crippen LogP contribution in [0.5, 0.6) is 0 Å². The van der Waals surface area contributed by atoms with Gasteiger partial charge in [-0.1, -0.05) is 6.07 Å². The van der Waals surface area contributed by atoms with Gasteiger partial charge >= 0.3 is 6.18 Å². The molecule has 3 aliphatic rings. The number of hydrogen-bond acceptors (Lipinski definition) is 12. The van der Waals surface area contributed by atoms with Gasteiger partial charge in [0.2, 0.25) is 17.8 Å². The van der Waals surface area contributed by atoms with E-state index in [9.17, 15) is 32.3 Å². The summed E-state index contributed by atoms with van der Waals surface area (Å²) in [7, 11) is 2.02. The molecule has 4 aromatic rings.